The van der Waals surface area contributed by atoms with E-state index < -0.39 is 0 Å². The molecule has 0 unspecified atom stereocenters. The maximum atomic E-state index is 13.0. The van der Waals surface area contributed by atoms with E-state index in [9.17, 15) is 4.79 Å². The fraction of sp³-hybridized carbons (Fsp3) is 0.286. The Morgan fingerprint density at radius 1 is 1.22 bits per heavy atom. The molecule has 2 amide bonds. The molecule has 6 heteroatoms. The fourth-order valence-corrected chi connectivity index (χ4v) is 3.78. The molecule has 1 fully saturated rings. The van der Waals surface area contributed by atoms with Gasteiger partial charge in [0.2, 0.25) is 0 Å². The second kappa shape index (κ2) is 7.88. The van der Waals surface area contributed by atoms with Gasteiger partial charge in [0.15, 0.2) is 5.13 Å². The molecule has 0 radical (unpaired) electrons. The minimum atomic E-state index is -0.154. The summed E-state index contributed by atoms with van der Waals surface area (Å²) < 4.78 is 0. The molecule has 2 aromatic heterocycles. The van der Waals surface area contributed by atoms with E-state index in [2.05, 4.69) is 39.7 Å². The van der Waals surface area contributed by atoms with Crippen molar-refractivity contribution in [1.82, 2.24) is 14.9 Å². The van der Waals surface area contributed by atoms with Gasteiger partial charge in [0.05, 0.1) is 17.9 Å². The first kappa shape index (κ1) is 17.7. The maximum Gasteiger partial charge on any atom is 0.324 e. The lowest BCUT2D eigenvalue weighted by molar-refractivity contribution is 0.205. The van der Waals surface area contributed by atoms with Crippen molar-refractivity contribution in [1.29, 1.82) is 0 Å². The molecule has 0 atom stereocenters. The Labute approximate surface area is 163 Å². The van der Waals surface area contributed by atoms with Crippen molar-refractivity contribution in [3.05, 3.63) is 76.6 Å². The summed E-state index contributed by atoms with van der Waals surface area (Å²) in [4.78, 5) is 23.7. The third kappa shape index (κ3) is 4.71. The van der Waals surface area contributed by atoms with Gasteiger partial charge in [0.25, 0.3) is 0 Å². The van der Waals surface area contributed by atoms with Crippen LogP contribution in [0, 0.1) is 6.92 Å². The highest BCUT2D eigenvalue weighted by molar-refractivity contribution is 7.13. The molecule has 1 aliphatic carbocycles. The molecule has 27 heavy (non-hydrogen) atoms. The zero-order valence-electron chi connectivity index (χ0n) is 15.3. The zero-order valence-corrected chi connectivity index (χ0v) is 16.1. The first-order chi connectivity index (χ1) is 13.2. The number of urea groups is 1. The lowest BCUT2D eigenvalue weighted by Crippen LogP contribution is -2.34. The van der Waals surface area contributed by atoms with Crippen LogP contribution in [0.15, 0.2) is 54.0 Å². The number of nitrogens with zero attached hydrogens (tertiary/aromatic N) is 3. The molecule has 2 heterocycles. The number of benzene rings is 1. The summed E-state index contributed by atoms with van der Waals surface area (Å²) in [6.45, 7) is 3.02. The molecule has 1 N–H and O–H groups in total. The highest BCUT2D eigenvalue weighted by atomic mass is 32.1. The van der Waals surface area contributed by atoms with E-state index in [1.54, 1.807) is 11.1 Å². The molecule has 0 saturated heterocycles. The number of aromatic nitrogens is 2. The summed E-state index contributed by atoms with van der Waals surface area (Å²) in [5, 5.41) is 5.68. The van der Waals surface area contributed by atoms with Crippen molar-refractivity contribution in [2.75, 3.05) is 5.32 Å². The molecule has 1 aromatic carbocycles. The van der Waals surface area contributed by atoms with Gasteiger partial charge in [-0.05, 0) is 37.5 Å². The molecule has 138 valence electrons. The Bertz CT molecular complexity index is 921. The van der Waals surface area contributed by atoms with Crippen molar-refractivity contribution in [3.8, 4) is 0 Å². The number of anilines is 1. The summed E-state index contributed by atoms with van der Waals surface area (Å²) in [7, 11) is 0. The van der Waals surface area contributed by atoms with Gasteiger partial charge in [-0.3, -0.25) is 10.3 Å². The van der Waals surface area contributed by atoms with Crippen molar-refractivity contribution in [3.63, 3.8) is 0 Å². The number of hydrogen-bond acceptors (Lipinski definition) is 4. The van der Waals surface area contributed by atoms with Crippen molar-refractivity contribution in [2.45, 2.75) is 38.8 Å². The van der Waals surface area contributed by atoms with Crippen molar-refractivity contribution < 1.29 is 4.79 Å². The first-order valence-corrected chi connectivity index (χ1v) is 10.0. The molecule has 3 aromatic rings. The molecule has 4 rings (SSSR count). The van der Waals surface area contributed by atoms with Crippen LogP contribution in [0.4, 0.5) is 9.93 Å². The largest absolute Gasteiger partial charge is 0.324 e. The van der Waals surface area contributed by atoms with Crippen LogP contribution in [0.1, 0.15) is 41.3 Å². The summed E-state index contributed by atoms with van der Waals surface area (Å²) >= 11 is 1.49. The minimum absolute atomic E-state index is 0.154. The minimum Gasteiger partial charge on any atom is -0.314 e. The molecule has 1 aliphatic rings. The Kier molecular flexibility index (Phi) is 5.16. The van der Waals surface area contributed by atoms with Gasteiger partial charge in [-0.1, -0.05) is 35.9 Å². The van der Waals surface area contributed by atoms with Crippen molar-refractivity contribution >= 4 is 22.5 Å². The number of thiazole rings is 1. The van der Waals surface area contributed by atoms with Gasteiger partial charge in [-0.2, -0.15) is 0 Å². The third-order valence-electron chi connectivity index (χ3n) is 4.55. The molecular weight excluding hydrogens is 356 g/mol. The summed E-state index contributed by atoms with van der Waals surface area (Å²) in [6, 6.07) is 13.8. The normalized spacial score (nSPS) is 13.4. The average Bonchev–Trinajstić information content (AvgIpc) is 3.42. The summed E-state index contributed by atoms with van der Waals surface area (Å²) in [6.07, 6.45) is 4.16. The Morgan fingerprint density at radius 3 is 2.85 bits per heavy atom. The molecule has 5 nitrogen and oxygen atoms in total. The molecule has 0 spiro atoms. The summed E-state index contributed by atoms with van der Waals surface area (Å²) in [5.41, 5.74) is 4.24. The Morgan fingerprint density at radius 2 is 2.11 bits per heavy atom. The number of amides is 2. The van der Waals surface area contributed by atoms with E-state index in [4.69, 9.17) is 0 Å². The lowest BCUT2D eigenvalue weighted by Gasteiger charge is -2.22. The predicted octanol–water partition coefficient (Wildman–Crippen LogP) is 4.96. The highest BCUT2D eigenvalue weighted by Crippen LogP contribution is 2.40. The van der Waals surface area contributed by atoms with Gasteiger partial charge >= 0.3 is 6.03 Å². The average molecular weight is 379 g/mol. The van der Waals surface area contributed by atoms with E-state index in [1.165, 1.54) is 29.7 Å². The van der Waals surface area contributed by atoms with E-state index in [0.29, 0.717) is 24.1 Å². The van der Waals surface area contributed by atoms with Crippen LogP contribution in [0.5, 0.6) is 0 Å². The Balaban J connectivity index is 1.50. The highest BCUT2D eigenvalue weighted by Gasteiger charge is 2.26. The zero-order chi connectivity index (χ0) is 18.6. The van der Waals surface area contributed by atoms with Crippen LogP contribution < -0.4 is 5.32 Å². The third-order valence-corrected chi connectivity index (χ3v) is 5.33. The van der Waals surface area contributed by atoms with E-state index in [1.807, 2.05) is 30.3 Å². The van der Waals surface area contributed by atoms with Crippen LogP contribution >= 0.6 is 11.3 Å². The van der Waals surface area contributed by atoms with Crippen LogP contribution in [-0.2, 0) is 13.1 Å². The van der Waals surface area contributed by atoms with Gasteiger partial charge < -0.3 is 4.90 Å². The quantitative estimate of drug-likeness (QED) is 0.660. The first-order valence-electron chi connectivity index (χ1n) is 9.14. The molecule has 1 saturated carbocycles. The SMILES string of the molecule is Cc1cccc(CN(Cc2ccccn2)C(=O)Nc2nc(C3CC3)cs2)c1. The van der Waals surface area contributed by atoms with Gasteiger partial charge in [0.1, 0.15) is 0 Å². The second-order valence-electron chi connectivity index (χ2n) is 6.95. The van der Waals surface area contributed by atoms with Crippen LogP contribution in [-0.4, -0.2) is 20.9 Å². The number of nitrogens with one attached hydrogen (secondary N) is 1. The topological polar surface area (TPSA) is 58.1 Å². The number of hydrogen-bond donors (Lipinski definition) is 1. The Hall–Kier alpha value is -2.73. The van der Waals surface area contributed by atoms with Crippen LogP contribution in [0.3, 0.4) is 0 Å². The van der Waals surface area contributed by atoms with Gasteiger partial charge in [-0.15, -0.1) is 11.3 Å². The predicted molar refractivity (Wildman–Crippen MR) is 108 cm³/mol. The molecular formula is C21H22N4OS. The number of carbonyl (C=O) groups excluding carboxylic acids is 1. The van der Waals surface area contributed by atoms with Gasteiger partial charge in [-0.25, -0.2) is 9.78 Å². The summed E-state index contributed by atoms with van der Waals surface area (Å²) in [5.74, 6) is 0.587. The number of aryl methyl sites for hydroxylation is 1. The van der Waals surface area contributed by atoms with Crippen molar-refractivity contribution in [2.24, 2.45) is 0 Å². The second-order valence-corrected chi connectivity index (χ2v) is 7.81. The number of carbonyl (C=O) groups is 1. The lowest BCUT2D eigenvalue weighted by atomic mass is 10.1. The fourth-order valence-electron chi connectivity index (χ4n) is 3.00. The number of rotatable bonds is 6. The molecule has 0 bridgehead atoms. The maximum absolute atomic E-state index is 13.0. The smallest absolute Gasteiger partial charge is 0.314 e. The number of pyridine rings is 1. The van der Waals surface area contributed by atoms with Crippen LogP contribution in [0.25, 0.3) is 0 Å². The van der Waals surface area contributed by atoms with E-state index >= 15 is 0 Å². The van der Waals surface area contributed by atoms with Crippen LogP contribution in [0.2, 0.25) is 0 Å². The van der Waals surface area contributed by atoms with Gasteiger partial charge in [0, 0.05) is 24.0 Å². The molecule has 0 aliphatic heterocycles. The standard InChI is InChI=1S/C21H22N4OS/c1-15-5-4-6-16(11-15)12-25(13-18-7-2-3-10-22-18)21(26)24-20-23-19(14-27-20)17-8-9-17/h2-7,10-11,14,17H,8-9,12-13H2,1H3,(H,23,24,26). The monoisotopic (exact) mass is 378 g/mol. The van der Waals surface area contributed by atoms with E-state index in [-0.39, 0.29) is 6.03 Å². The van der Waals surface area contributed by atoms with E-state index in [0.717, 1.165) is 17.0 Å².